The van der Waals surface area contributed by atoms with E-state index in [2.05, 4.69) is 35.4 Å². The second-order valence-electron chi connectivity index (χ2n) is 5.00. The number of hydrogen-bond acceptors (Lipinski definition) is 3. The van der Waals surface area contributed by atoms with Crippen LogP contribution in [0.3, 0.4) is 0 Å². The number of anilines is 2. The average Bonchev–Trinajstić information content (AvgIpc) is 2.55. The van der Waals surface area contributed by atoms with Gasteiger partial charge in [0.15, 0.2) is 0 Å². The Kier molecular flexibility index (Phi) is 3.95. The van der Waals surface area contributed by atoms with Crippen LogP contribution < -0.4 is 5.32 Å². The summed E-state index contributed by atoms with van der Waals surface area (Å²) in [5, 5.41) is 14.2. The Hall–Kier alpha value is -2.57. The maximum atomic E-state index is 9.36. The summed E-state index contributed by atoms with van der Waals surface area (Å²) < 4.78 is 0. The molecular weight excluding hydrogens is 294 g/mol. The van der Waals surface area contributed by atoms with Crippen LogP contribution in [0.2, 0.25) is 5.02 Å². The molecule has 1 heterocycles. The van der Waals surface area contributed by atoms with Gasteiger partial charge in [-0.1, -0.05) is 30.7 Å². The number of aromatic nitrogens is 1. The van der Waals surface area contributed by atoms with E-state index in [1.807, 2.05) is 24.3 Å². The molecule has 0 aliphatic heterocycles. The van der Waals surface area contributed by atoms with Gasteiger partial charge in [-0.05, 0) is 42.3 Å². The zero-order valence-corrected chi connectivity index (χ0v) is 12.9. The van der Waals surface area contributed by atoms with Gasteiger partial charge in [-0.15, -0.1) is 0 Å². The number of pyridine rings is 1. The SMILES string of the molecule is CCc1cccc(Nc2c(C#N)cnc3ccc(Cl)cc23)c1. The third-order valence-corrected chi connectivity index (χ3v) is 3.79. The number of benzene rings is 2. The lowest BCUT2D eigenvalue weighted by atomic mass is 10.1. The van der Waals surface area contributed by atoms with Crippen LogP contribution in [-0.4, -0.2) is 4.98 Å². The molecule has 0 unspecified atom stereocenters. The van der Waals surface area contributed by atoms with E-state index < -0.39 is 0 Å². The molecule has 4 heteroatoms. The first-order valence-corrected chi connectivity index (χ1v) is 7.43. The summed E-state index contributed by atoms with van der Waals surface area (Å²) in [7, 11) is 0. The topological polar surface area (TPSA) is 48.7 Å². The number of hydrogen-bond donors (Lipinski definition) is 1. The van der Waals surface area contributed by atoms with E-state index in [1.165, 1.54) is 5.56 Å². The van der Waals surface area contributed by atoms with Crippen molar-refractivity contribution in [2.24, 2.45) is 0 Å². The lowest BCUT2D eigenvalue weighted by molar-refractivity contribution is 1.14. The summed E-state index contributed by atoms with van der Waals surface area (Å²) >= 11 is 6.10. The van der Waals surface area contributed by atoms with Gasteiger partial charge in [0.2, 0.25) is 0 Å². The van der Waals surface area contributed by atoms with Gasteiger partial charge in [-0.3, -0.25) is 4.98 Å². The Bertz CT molecular complexity index is 881. The zero-order chi connectivity index (χ0) is 15.5. The summed E-state index contributed by atoms with van der Waals surface area (Å²) in [5.74, 6) is 0. The van der Waals surface area contributed by atoms with E-state index in [1.54, 1.807) is 12.3 Å². The minimum atomic E-state index is 0.497. The highest BCUT2D eigenvalue weighted by atomic mass is 35.5. The van der Waals surface area contributed by atoms with Crippen LogP contribution in [0.4, 0.5) is 11.4 Å². The maximum Gasteiger partial charge on any atom is 0.103 e. The molecule has 0 amide bonds. The highest BCUT2D eigenvalue weighted by Crippen LogP contribution is 2.30. The first kappa shape index (κ1) is 14.4. The number of nitrogens with one attached hydrogen (secondary N) is 1. The van der Waals surface area contributed by atoms with Gasteiger partial charge >= 0.3 is 0 Å². The van der Waals surface area contributed by atoms with Crippen molar-refractivity contribution >= 4 is 33.9 Å². The van der Waals surface area contributed by atoms with Crippen LogP contribution in [0, 0.1) is 11.3 Å². The first-order valence-electron chi connectivity index (χ1n) is 7.05. The molecule has 0 saturated heterocycles. The number of rotatable bonds is 3. The molecule has 0 aliphatic rings. The predicted octanol–water partition coefficient (Wildman–Crippen LogP) is 5.07. The van der Waals surface area contributed by atoms with Gasteiger partial charge in [0, 0.05) is 22.3 Å². The molecule has 3 aromatic rings. The fraction of sp³-hybridized carbons (Fsp3) is 0.111. The first-order chi connectivity index (χ1) is 10.7. The van der Waals surface area contributed by atoms with Gasteiger partial charge in [-0.25, -0.2) is 0 Å². The van der Waals surface area contributed by atoms with Crippen molar-refractivity contribution in [2.45, 2.75) is 13.3 Å². The summed E-state index contributed by atoms with van der Waals surface area (Å²) in [6.45, 7) is 2.11. The molecule has 0 spiro atoms. The molecule has 0 bridgehead atoms. The molecule has 108 valence electrons. The summed E-state index contributed by atoms with van der Waals surface area (Å²) in [5.41, 5.74) is 4.22. The second kappa shape index (κ2) is 6.05. The predicted molar refractivity (Wildman–Crippen MR) is 90.6 cm³/mol. The van der Waals surface area contributed by atoms with Crippen molar-refractivity contribution in [3.63, 3.8) is 0 Å². The van der Waals surface area contributed by atoms with E-state index in [0.29, 0.717) is 10.6 Å². The molecule has 3 rings (SSSR count). The molecule has 0 saturated carbocycles. The summed E-state index contributed by atoms with van der Waals surface area (Å²) in [6.07, 6.45) is 2.55. The smallest absolute Gasteiger partial charge is 0.103 e. The van der Waals surface area contributed by atoms with Crippen LogP contribution in [0.15, 0.2) is 48.7 Å². The maximum absolute atomic E-state index is 9.36. The Balaban J connectivity index is 2.15. The number of nitriles is 1. The molecule has 0 radical (unpaired) electrons. The second-order valence-corrected chi connectivity index (χ2v) is 5.44. The van der Waals surface area contributed by atoms with Gasteiger partial charge < -0.3 is 5.32 Å². The Morgan fingerprint density at radius 1 is 1.23 bits per heavy atom. The largest absolute Gasteiger partial charge is 0.354 e. The molecule has 22 heavy (non-hydrogen) atoms. The molecule has 0 fully saturated rings. The van der Waals surface area contributed by atoms with Crippen molar-refractivity contribution < 1.29 is 0 Å². The van der Waals surface area contributed by atoms with Gasteiger partial charge in [0.05, 0.1) is 16.8 Å². The fourth-order valence-electron chi connectivity index (χ4n) is 2.40. The molecule has 1 aromatic heterocycles. The third-order valence-electron chi connectivity index (χ3n) is 3.56. The van der Waals surface area contributed by atoms with E-state index in [-0.39, 0.29) is 0 Å². The molecule has 0 atom stereocenters. The van der Waals surface area contributed by atoms with Crippen LogP contribution in [0.1, 0.15) is 18.1 Å². The average molecular weight is 308 g/mol. The molecule has 0 aliphatic carbocycles. The monoisotopic (exact) mass is 307 g/mol. The van der Waals surface area contributed by atoms with Crippen LogP contribution in [0.5, 0.6) is 0 Å². The van der Waals surface area contributed by atoms with Gasteiger partial charge in [0.1, 0.15) is 6.07 Å². The number of halogens is 1. The molecule has 3 nitrogen and oxygen atoms in total. The Morgan fingerprint density at radius 2 is 2.09 bits per heavy atom. The van der Waals surface area contributed by atoms with Crippen LogP contribution in [0.25, 0.3) is 10.9 Å². The lowest BCUT2D eigenvalue weighted by Crippen LogP contribution is -1.97. The third kappa shape index (κ3) is 2.74. The van der Waals surface area contributed by atoms with Crippen LogP contribution >= 0.6 is 11.6 Å². The standard InChI is InChI=1S/C18H14ClN3/c1-2-12-4-3-5-15(8-12)22-18-13(10-20)11-21-17-7-6-14(19)9-16(17)18/h3-9,11H,2H2,1H3,(H,21,22). The Labute approximate surface area is 134 Å². The van der Waals surface area contributed by atoms with Gasteiger partial charge in [-0.2, -0.15) is 5.26 Å². The van der Waals surface area contributed by atoms with Crippen molar-refractivity contribution in [3.05, 3.63) is 64.8 Å². The Morgan fingerprint density at radius 3 is 2.86 bits per heavy atom. The summed E-state index contributed by atoms with van der Waals surface area (Å²) in [4.78, 5) is 4.31. The molecular formula is C18H14ClN3. The van der Waals surface area contributed by atoms with Gasteiger partial charge in [0.25, 0.3) is 0 Å². The van der Waals surface area contributed by atoms with Crippen molar-refractivity contribution in [3.8, 4) is 6.07 Å². The zero-order valence-electron chi connectivity index (χ0n) is 12.1. The highest BCUT2D eigenvalue weighted by molar-refractivity contribution is 6.31. The molecule has 1 N–H and O–H groups in total. The van der Waals surface area contributed by atoms with Crippen molar-refractivity contribution in [2.75, 3.05) is 5.32 Å². The minimum Gasteiger partial charge on any atom is -0.354 e. The van der Waals surface area contributed by atoms with Crippen molar-refractivity contribution in [1.29, 1.82) is 5.26 Å². The minimum absolute atomic E-state index is 0.497. The van der Waals surface area contributed by atoms with Crippen LogP contribution in [-0.2, 0) is 6.42 Å². The molecule has 2 aromatic carbocycles. The lowest BCUT2D eigenvalue weighted by Gasteiger charge is -2.12. The fourth-order valence-corrected chi connectivity index (χ4v) is 2.57. The van der Waals surface area contributed by atoms with E-state index in [0.717, 1.165) is 28.7 Å². The number of nitrogens with zero attached hydrogens (tertiary/aromatic N) is 2. The number of fused-ring (bicyclic) bond motifs is 1. The van der Waals surface area contributed by atoms with Crippen molar-refractivity contribution in [1.82, 2.24) is 4.98 Å². The normalized spacial score (nSPS) is 10.4. The highest BCUT2D eigenvalue weighted by Gasteiger charge is 2.10. The summed E-state index contributed by atoms with van der Waals surface area (Å²) in [6, 6.07) is 15.8. The van der Waals surface area contributed by atoms with E-state index in [9.17, 15) is 5.26 Å². The van der Waals surface area contributed by atoms with E-state index >= 15 is 0 Å². The quantitative estimate of drug-likeness (QED) is 0.735. The van der Waals surface area contributed by atoms with E-state index in [4.69, 9.17) is 11.6 Å². The number of aryl methyl sites for hydroxylation is 1.